The minimum atomic E-state index is -0.880. The summed E-state index contributed by atoms with van der Waals surface area (Å²) >= 11 is 0. The number of hydrogen-bond acceptors (Lipinski definition) is 5. The number of rotatable bonds is 3. The first kappa shape index (κ1) is 26.2. The lowest BCUT2D eigenvalue weighted by atomic mass is 9.78. The van der Waals surface area contributed by atoms with Gasteiger partial charge in [-0.1, -0.05) is 44.2 Å². The molecule has 1 saturated heterocycles. The van der Waals surface area contributed by atoms with E-state index in [1.54, 1.807) is 4.90 Å². The van der Waals surface area contributed by atoms with Gasteiger partial charge in [0.05, 0.1) is 16.8 Å². The van der Waals surface area contributed by atoms with Gasteiger partial charge in [-0.2, -0.15) is 0 Å². The second kappa shape index (κ2) is 9.86. The van der Waals surface area contributed by atoms with Crippen molar-refractivity contribution in [3.8, 4) is 11.1 Å². The number of amides is 2. The number of carbonyl (C=O) groups excluding carboxylic acids is 2. The van der Waals surface area contributed by atoms with Gasteiger partial charge in [0.15, 0.2) is 0 Å². The molecule has 4 aliphatic rings. The Hall–Kier alpha value is -3.04. The third-order valence-corrected chi connectivity index (χ3v) is 9.29. The van der Waals surface area contributed by atoms with Gasteiger partial charge in [-0.25, -0.2) is 13.8 Å². The quantitative estimate of drug-likeness (QED) is 0.597. The summed E-state index contributed by atoms with van der Waals surface area (Å²) in [5, 5.41) is 2.21. The van der Waals surface area contributed by atoms with Gasteiger partial charge >= 0.3 is 0 Å². The number of nitrogens with one attached hydrogen (secondary N) is 1. The average molecular weight is 538 g/mol. The van der Waals surface area contributed by atoms with Gasteiger partial charge in [-0.3, -0.25) is 9.59 Å². The van der Waals surface area contributed by atoms with Gasteiger partial charge in [-0.15, -0.1) is 0 Å². The number of hydrazine groups is 1. The molecule has 7 nitrogen and oxygen atoms in total. The van der Waals surface area contributed by atoms with Crippen LogP contribution in [0.4, 0.5) is 14.5 Å². The Balaban J connectivity index is 1.20. The molecule has 208 valence electrons. The number of nitrogens with two attached hydrogens (primary N) is 1. The molecular weight excluding hydrogens is 500 g/mol. The number of carbonyl (C=O) groups is 2. The lowest BCUT2D eigenvalue weighted by Crippen LogP contribution is -2.55. The zero-order valence-electron chi connectivity index (χ0n) is 22.6. The van der Waals surface area contributed by atoms with E-state index in [4.69, 9.17) is 5.73 Å². The van der Waals surface area contributed by atoms with Crippen LogP contribution in [0.15, 0.2) is 30.3 Å². The van der Waals surface area contributed by atoms with Gasteiger partial charge in [0.25, 0.3) is 5.91 Å². The molecule has 2 aliphatic heterocycles. The van der Waals surface area contributed by atoms with Gasteiger partial charge in [0.2, 0.25) is 5.91 Å². The summed E-state index contributed by atoms with van der Waals surface area (Å²) in [4.78, 5) is 28.6. The third kappa shape index (κ3) is 4.59. The largest absolute Gasteiger partial charge is 0.338 e. The summed E-state index contributed by atoms with van der Waals surface area (Å²) in [6.45, 7) is 1.05. The van der Waals surface area contributed by atoms with Crippen LogP contribution >= 0.6 is 0 Å². The molecule has 0 radical (unpaired) electrons. The highest BCUT2D eigenvalue weighted by molar-refractivity contribution is 5.96. The summed E-state index contributed by atoms with van der Waals surface area (Å²) in [5.41, 5.74) is 11.4. The van der Waals surface area contributed by atoms with E-state index in [1.165, 1.54) is 54.7 Å². The van der Waals surface area contributed by atoms with E-state index in [0.29, 0.717) is 37.1 Å². The first-order valence-corrected chi connectivity index (χ1v) is 14.2. The third-order valence-electron chi connectivity index (χ3n) is 9.29. The van der Waals surface area contributed by atoms with Crippen LogP contribution < -0.4 is 11.2 Å². The molecule has 2 saturated carbocycles. The number of hydrogen-bond donors (Lipinski definition) is 2. The zero-order valence-corrected chi connectivity index (χ0v) is 22.6. The summed E-state index contributed by atoms with van der Waals surface area (Å²) in [6, 6.07) is 8.46. The Bertz CT molecular complexity index is 1270. The van der Waals surface area contributed by atoms with Crippen molar-refractivity contribution in [1.82, 2.24) is 14.8 Å². The van der Waals surface area contributed by atoms with Crippen molar-refractivity contribution in [2.24, 2.45) is 5.73 Å². The van der Waals surface area contributed by atoms with Crippen molar-refractivity contribution < 1.29 is 18.4 Å². The van der Waals surface area contributed by atoms with Crippen molar-refractivity contribution in [3.05, 3.63) is 53.1 Å². The number of nitrogens with zero attached hydrogens (tertiary/aromatic N) is 3. The summed E-state index contributed by atoms with van der Waals surface area (Å²) in [5.74, 6) is -2.56. The predicted molar refractivity (Wildman–Crippen MR) is 146 cm³/mol. The maximum Gasteiger partial charge on any atom is 0.259 e. The van der Waals surface area contributed by atoms with Crippen LogP contribution in [-0.2, 0) is 10.3 Å². The molecule has 0 unspecified atom stereocenters. The van der Waals surface area contributed by atoms with Gasteiger partial charge < -0.3 is 21.0 Å². The summed E-state index contributed by atoms with van der Waals surface area (Å²) < 4.78 is 30.6. The van der Waals surface area contributed by atoms with Crippen LogP contribution in [0.5, 0.6) is 0 Å². The first-order valence-electron chi connectivity index (χ1n) is 14.2. The number of piperazine rings is 1. The second-order valence-electron chi connectivity index (χ2n) is 11.8. The Morgan fingerprint density at radius 2 is 1.41 bits per heavy atom. The van der Waals surface area contributed by atoms with Crippen molar-refractivity contribution in [3.63, 3.8) is 0 Å². The van der Waals surface area contributed by atoms with E-state index in [2.05, 4.69) is 23.5 Å². The fourth-order valence-corrected chi connectivity index (χ4v) is 6.66. The molecule has 1 spiro atoms. The highest BCUT2D eigenvalue weighted by atomic mass is 19.1. The summed E-state index contributed by atoms with van der Waals surface area (Å²) in [7, 11) is 2.08. The van der Waals surface area contributed by atoms with E-state index < -0.39 is 28.6 Å². The Labute approximate surface area is 228 Å². The monoisotopic (exact) mass is 537 g/mol. The molecule has 2 aliphatic carbocycles. The fourth-order valence-electron chi connectivity index (χ4n) is 6.66. The zero-order chi connectivity index (χ0) is 27.4. The minimum absolute atomic E-state index is 0.0565. The standard InChI is InChI=1S/C30H37F2N5O2/c1-35-30(9-5-3-2-4-6-10-30)22-8-7-20(19-25(22)34-35)21-17-23(31)26(24(32)18-21)27(38)36-13-15-37(16-14-36)28(39)29(33)11-12-29/h7-8,17-19,34H,2-6,9-16,33H2,1H3. The normalized spacial score (nSPS) is 22.2. The van der Waals surface area contributed by atoms with Crippen LogP contribution in [-0.4, -0.2) is 65.4 Å². The minimum Gasteiger partial charge on any atom is -0.338 e. The molecular formula is C30H37F2N5O2. The molecule has 0 aromatic heterocycles. The van der Waals surface area contributed by atoms with Crippen molar-refractivity contribution in [1.29, 1.82) is 0 Å². The van der Waals surface area contributed by atoms with Crippen LogP contribution in [0.25, 0.3) is 11.1 Å². The molecule has 2 amide bonds. The van der Waals surface area contributed by atoms with E-state index in [-0.39, 0.29) is 24.5 Å². The predicted octanol–water partition coefficient (Wildman–Crippen LogP) is 4.62. The van der Waals surface area contributed by atoms with E-state index >= 15 is 8.78 Å². The molecule has 2 aromatic rings. The number of benzene rings is 2. The molecule has 3 fully saturated rings. The molecule has 0 atom stereocenters. The lowest BCUT2D eigenvalue weighted by Gasteiger charge is -2.37. The Kier molecular flexibility index (Phi) is 6.62. The SMILES string of the molecule is CN1Nc2cc(-c3cc(F)c(C(=O)N4CCN(C(=O)C5(N)CC5)CC4)c(F)c3)ccc2C12CCCCCCC2. The second-order valence-corrected chi connectivity index (χ2v) is 11.8. The maximum atomic E-state index is 15.3. The van der Waals surface area contributed by atoms with Crippen LogP contribution in [0.2, 0.25) is 0 Å². The van der Waals surface area contributed by atoms with Crippen LogP contribution in [0.1, 0.15) is 73.7 Å². The topological polar surface area (TPSA) is 81.9 Å². The lowest BCUT2D eigenvalue weighted by molar-refractivity contribution is -0.135. The van der Waals surface area contributed by atoms with Crippen LogP contribution in [0, 0.1) is 11.6 Å². The van der Waals surface area contributed by atoms with Gasteiger partial charge in [0.1, 0.15) is 17.2 Å². The van der Waals surface area contributed by atoms with Crippen LogP contribution in [0.3, 0.4) is 0 Å². The number of halogens is 2. The average Bonchev–Trinajstić information content (AvgIpc) is 3.60. The summed E-state index contributed by atoms with van der Waals surface area (Å²) in [6.07, 6.45) is 9.65. The van der Waals surface area contributed by atoms with E-state index in [9.17, 15) is 9.59 Å². The highest BCUT2D eigenvalue weighted by Crippen LogP contribution is 2.48. The highest BCUT2D eigenvalue weighted by Gasteiger charge is 2.48. The van der Waals surface area contributed by atoms with Crippen molar-refractivity contribution in [2.45, 2.75) is 68.9 Å². The number of anilines is 1. The first-order chi connectivity index (χ1) is 18.7. The molecule has 2 heterocycles. The Morgan fingerprint density at radius 1 is 0.821 bits per heavy atom. The van der Waals surface area contributed by atoms with Crippen molar-refractivity contribution >= 4 is 17.5 Å². The number of fused-ring (bicyclic) bond motifs is 2. The molecule has 9 heteroatoms. The fraction of sp³-hybridized carbons (Fsp3) is 0.533. The van der Waals surface area contributed by atoms with Gasteiger partial charge in [-0.05, 0) is 60.6 Å². The van der Waals surface area contributed by atoms with Crippen molar-refractivity contribution in [2.75, 3.05) is 38.7 Å². The molecule has 6 rings (SSSR count). The molecule has 39 heavy (non-hydrogen) atoms. The van der Waals surface area contributed by atoms with E-state index in [0.717, 1.165) is 18.5 Å². The van der Waals surface area contributed by atoms with E-state index in [1.807, 2.05) is 12.1 Å². The molecule has 0 bridgehead atoms. The molecule has 2 aromatic carbocycles. The maximum absolute atomic E-state index is 15.3. The Morgan fingerprint density at radius 3 is 2.03 bits per heavy atom. The molecule has 3 N–H and O–H groups in total. The van der Waals surface area contributed by atoms with Gasteiger partial charge in [0, 0.05) is 33.2 Å². The smallest absolute Gasteiger partial charge is 0.259 e.